The summed E-state index contributed by atoms with van der Waals surface area (Å²) in [6.45, 7) is 3.92. The van der Waals surface area contributed by atoms with Crippen molar-refractivity contribution in [2.75, 3.05) is 5.32 Å². The average molecular weight is 222 g/mol. The van der Waals surface area contributed by atoms with E-state index < -0.39 is 4.92 Å². The largest absolute Gasteiger partial charge is 0.381 e. The van der Waals surface area contributed by atoms with Crippen molar-refractivity contribution in [3.8, 4) is 0 Å². The number of anilines is 1. The van der Waals surface area contributed by atoms with Crippen molar-refractivity contribution < 1.29 is 9.55 Å². The van der Waals surface area contributed by atoms with E-state index in [9.17, 15) is 10.1 Å². The third-order valence-corrected chi connectivity index (χ3v) is 2.04. The summed E-state index contributed by atoms with van der Waals surface area (Å²) in [4.78, 5) is 10.2. The molecule has 0 atom stereocenters. The molecule has 1 N–H and O–H groups in total. The number of benzene rings is 1. The number of aromatic nitrogens is 2. The highest BCUT2D eigenvalue weighted by molar-refractivity contribution is 5.93. The van der Waals surface area contributed by atoms with Gasteiger partial charge >= 0.3 is 5.69 Å². The van der Waals surface area contributed by atoms with E-state index in [-0.39, 0.29) is 17.2 Å². The summed E-state index contributed by atoms with van der Waals surface area (Å²) in [5, 5.41) is 21.0. The molecule has 1 aromatic heterocycles. The predicted molar refractivity (Wildman–Crippen MR) is 57.2 cm³/mol. The van der Waals surface area contributed by atoms with Gasteiger partial charge < -0.3 is 5.32 Å². The van der Waals surface area contributed by atoms with E-state index in [0.29, 0.717) is 11.2 Å². The van der Waals surface area contributed by atoms with Crippen LogP contribution in [-0.2, 0) is 0 Å². The molecule has 0 bridgehead atoms. The monoisotopic (exact) mass is 222 g/mol. The van der Waals surface area contributed by atoms with Crippen LogP contribution >= 0.6 is 0 Å². The highest BCUT2D eigenvalue weighted by atomic mass is 16.6. The molecule has 0 aliphatic rings. The zero-order chi connectivity index (χ0) is 11.7. The molecule has 2 rings (SSSR count). The van der Waals surface area contributed by atoms with Crippen LogP contribution in [-0.4, -0.2) is 21.3 Å². The number of fused-ring (bicyclic) bond motifs is 1. The number of rotatable bonds is 3. The first-order valence-electron chi connectivity index (χ1n) is 4.76. The molecule has 0 radical (unpaired) electrons. The Kier molecular flexibility index (Phi) is 2.43. The quantitative estimate of drug-likeness (QED) is 0.630. The van der Waals surface area contributed by atoms with Gasteiger partial charge in [0.15, 0.2) is 5.52 Å². The Morgan fingerprint density at radius 1 is 1.38 bits per heavy atom. The van der Waals surface area contributed by atoms with Crippen molar-refractivity contribution in [1.29, 1.82) is 0 Å². The first-order chi connectivity index (χ1) is 7.59. The zero-order valence-electron chi connectivity index (χ0n) is 8.80. The molecular formula is C9H10N4O3. The van der Waals surface area contributed by atoms with E-state index in [1.807, 2.05) is 13.8 Å². The second-order valence-corrected chi connectivity index (χ2v) is 3.65. The van der Waals surface area contributed by atoms with Crippen LogP contribution in [0.3, 0.4) is 0 Å². The van der Waals surface area contributed by atoms with Gasteiger partial charge in [-0.3, -0.25) is 10.1 Å². The van der Waals surface area contributed by atoms with Crippen LogP contribution in [0.2, 0.25) is 0 Å². The first kappa shape index (κ1) is 10.3. The third-order valence-electron chi connectivity index (χ3n) is 2.04. The lowest BCUT2D eigenvalue weighted by Crippen LogP contribution is -2.10. The third kappa shape index (κ3) is 1.67. The van der Waals surface area contributed by atoms with Crippen LogP contribution in [0.15, 0.2) is 16.8 Å². The minimum absolute atomic E-state index is 0.106. The molecule has 2 aromatic rings. The van der Waals surface area contributed by atoms with Crippen LogP contribution < -0.4 is 5.32 Å². The summed E-state index contributed by atoms with van der Waals surface area (Å²) in [6, 6.07) is 3.18. The van der Waals surface area contributed by atoms with Crippen molar-refractivity contribution >= 4 is 22.4 Å². The Hall–Kier alpha value is -2.18. The summed E-state index contributed by atoms with van der Waals surface area (Å²) in [6.07, 6.45) is 0. The number of hydrogen-bond acceptors (Lipinski definition) is 6. The SMILES string of the molecule is CC(C)Nc1ccc([N+](=O)[O-])c2nonc12. The van der Waals surface area contributed by atoms with Crippen molar-refractivity contribution in [3.63, 3.8) is 0 Å². The smallest absolute Gasteiger partial charge is 0.300 e. The summed E-state index contributed by atoms with van der Waals surface area (Å²) in [5.41, 5.74) is 1.11. The van der Waals surface area contributed by atoms with Crippen molar-refractivity contribution in [3.05, 3.63) is 22.2 Å². The van der Waals surface area contributed by atoms with Crippen molar-refractivity contribution in [2.45, 2.75) is 19.9 Å². The molecule has 0 fully saturated rings. The van der Waals surface area contributed by atoms with Crippen LogP contribution in [0, 0.1) is 10.1 Å². The Balaban J connectivity index is 2.59. The van der Waals surface area contributed by atoms with Gasteiger partial charge in [-0.05, 0) is 30.2 Å². The molecule has 0 aliphatic carbocycles. The van der Waals surface area contributed by atoms with Crippen molar-refractivity contribution in [1.82, 2.24) is 10.3 Å². The Morgan fingerprint density at radius 3 is 2.69 bits per heavy atom. The van der Waals surface area contributed by atoms with Crippen LogP contribution in [0.4, 0.5) is 11.4 Å². The molecule has 0 unspecified atom stereocenters. The van der Waals surface area contributed by atoms with Gasteiger partial charge in [0.2, 0.25) is 5.52 Å². The van der Waals surface area contributed by atoms with Gasteiger partial charge in [-0.15, -0.1) is 0 Å². The molecule has 1 aromatic carbocycles. The molecule has 84 valence electrons. The maximum atomic E-state index is 10.7. The summed E-state index contributed by atoms with van der Waals surface area (Å²) >= 11 is 0. The summed E-state index contributed by atoms with van der Waals surface area (Å²) in [7, 11) is 0. The molecule has 0 saturated carbocycles. The maximum absolute atomic E-state index is 10.7. The van der Waals surface area contributed by atoms with Gasteiger partial charge in [0.1, 0.15) is 0 Å². The molecule has 0 amide bonds. The van der Waals surface area contributed by atoms with E-state index in [0.717, 1.165) is 0 Å². The number of nitro groups is 1. The lowest BCUT2D eigenvalue weighted by atomic mass is 10.2. The molecule has 0 aliphatic heterocycles. The maximum Gasteiger partial charge on any atom is 0.300 e. The Labute approximate surface area is 90.5 Å². The molecule has 1 heterocycles. The topological polar surface area (TPSA) is 94.1 Å². The summed E-state index contributed by atoms with van der Waals surface area (Å²) in [5.74, 6) is 0. The standard InChI is InChI=1S/C9H10N4O3/c1-5(2)10-6-3-4-7(13(14)15)9-8(6)11-16-12-9/h3-5,10H,1-2H3. The highest BCUT2D eigenvalue weighted by Crippen LogP contribution is 2.28. The van der Waals surface area contributed by atoms with E-state index >= 15 is 0 Å². The lowest BCUT2D eigenvalue weighted by molar-refractivity contribution is -0.383. The van der Waals surface area contributed by atoms with Gasteiger partial charge in [-0.2, -0.15) is 0 Å². The summed E-state index contributed by atoms with van der Waals surface area (Å²) < 4.78 is 4.53. The zero-order valence-corrected chi connectivity index (χ0v) is 8.80. The van der Waals surface area contributed by atoms with Crippen LogP contribution in [0.1, 0.15) is 13.8 Å². The van der Waals surface area contributed by atoms with Gasteiger partial charge in [0, 0.05) is 12.1 Å². The van der Waals surface area contributed by atoms with Crippen molar-refractivity contribution in [2.24, 2.45) is 0 Å². The molecule has 0 saturated heterocycles. The number of nitrogens with one attached hydrogen (secondary N) is 1. The predicted octanol–water partition coefficient (Wildman–Crippen LogP) is 1.95. The molecule has 0 spiro atoms. The minimum Gasteiger partial charge on any atom is -0.381 e. The normalized spacial score (nSPS) is 10.9. The van der Waals surface area contributed by atoms with Gasteiger partial charge in [0.25, 0.3) is 0 Å². The van der Waals surface area contributed by atoms with Crippen LogP contribution in [0.5, 0.6) is 0 Å². The van der Waals surface area contributed by atoms with E-state index in [2.05, 4.69) is 20.3 Å². The number of nitrogens with zero attached hydrogens (tertiary/aromatic N) is 3. The molecule has 16 heavy (non-hydrogen) atoms. The number of non-ortho nitro benzene ring substituents is 1. The molecular weight excluding hydrogens is 212 g/mol. The number of hydrogen-bond donors (Lipinski definition) is 1. The second-order valence-electron chi connectivity index (χ2n) is 3.65. The lowest BCUT2D eigenvalue weighted by Gasteiger charge is -2.08. The molecule has 7 nitrogen and oxygen atoms in total. The van der Waals surface area contributed by atoms with Gasteiger partial charge in [-0.1, -0.05) is 0 Å². The minimum atomic E-state index is -0.508. The van der Waals surface area contributed by atoms with Gasteiger partial charge in [-0.25, -0.2) is 4.63 Å². The Morgan fingerprint density at radius 2 is 2.06 bits per heavy atom. The van der Waals surface area contributed by atoms with E-state index in [1.54, 1.807) is 6.07 Å². The second kappa shape index (κ2) is 3.76. The average Bonchev–Trinajstić information content (AvgIpc) is 2.65. The highest BCUT2D eigenvalue weighted by Gasteiger charge is 2.19. The first-order valence-corrected chi connectivity index (χ1v) is 4.76. The fraction of sp³-hybridized carbons (Fsp3) is 0.333. The van der Waals surface area contributed by atoms with E-state index in [1.165, 1.54) is 6.07 Å². The van der Waals surface area contributed by atoms with Gasteiger partial charge in [0.05, 0.1) is 10.6 Å². The van der Waals surface area contributed by atoms with E-state index in [4.69, 9.17) is 0 Å². The fourth-order valence-electron chi connectivity index (χ4n) is 1.43. The van der Waals surface area contributed by atoms with Crippen LogP contribution in [0.25, 0.3) is 11.0 Å². The molecule has 7 heteroatoms. The fourth-order valence-corrected chi connectivity index (χ4v) is 1.43. The Bertz CT molecular complexity index is 535. The number of nitro benzene ring substituents is 1.